The Hall–Kier alpha value is -3.60. The van der Waals surface area contributed by atoms with Gasteiger partial charge in [-0.05, 0) is 81.7 Å². The van der Waals surface area contributed by atoms with Gasteiger partial charge in [-0.25, -0.2) is 0 Å². The summed E-state index contributed by atoms with van der Waals surface area (Å²) in [7, 11) is 0. The van der Waals surface area contributed by atoms with E-state index in [2.05, 4.69) is 32.3 Å². The first kappa shape index (κ1) is 24.1. The number of pyridine rings is 1. The molecule has 0 radical (unpaired) electrons. The largest absolute Gasteiger partial charge is 0.352 e. The Morgan fingerprint density at radius 2 is 1.94 bits per heavy atom. The van der Waals surface area contributed by atoms with Gasteiger partial charge in [0.15, 0.2) is 0 Å². The van der Waals surface area contributed by atoms with E-state index in [0.29, 0.717) is 41.0 Å². The number of benzene rings is 2. The van der Waals surface area contributed by atoms with Crippen molar-refractivity contribution < 1.29 is 4.79 Å². The number of carbonyl (C=O) groups is 1. The van der Waals surface area contributed by atoms with E-state index in [0.717, 1.165) is 41.8 Å². The first-order valence-corrected chi connectivity index (χ1v) is 12.7. The summed E-state index contributed by atoms with van der Waals surface area (Å²) in [5, 5.41) is 12.4. The van der Waals surface area contributed by atoms with E-state index >= 15 is 0 Å². The van der Waals surface area contributed by atoms with Gasteiger partial charge in [0.25, 0.3) is 11.5 Å². The van der Waals surface area contributed by atoms with E-state index in [4.69, 9.17) is 11.6 Å². The molecule has 7 nitrogen and oxygen atoms in total. The molecule has 1 amide bonds. The third kappa shape index (κ3) is 5.01. The Labute approximate surface area is 214 Å². The van der Waals surface area contributed by atoms with Gasteiger partial charge < -0.3 is 9.88 Å². The summed E-state index contributed by atoms with van der Waals surface area (Å²) in [5.74, 6) is 6.40. The zero-order valence-corrected chi connectivity index (χ0v) is 21.0. The average Bonchev–Trinajstić information content (AvgIpc) is 3.54. The van der Waals surface area contributed by atoms with Crippen LogP contribution in [0.5, 0.6) is 0 Å². The molecular weight excluding hydrogens is 474 g/mol. The van der Waals surface area contributed by atoms with Crippen LogP contribution in [0.2, 0.25) is 5.02 Å². The van der Waals surface area contributed by atoms with Crippen LogP contribution in [-0.4, -0.2) is 51.8 Å². The van der Waals surface area contributed by atoms with E-state index in [-0.39, 0.29) is 11.5 Å². The van der Waals surface area contributed by atoms with Gasteiger partial charge in [0, 0.05) is 40.3 Å². The summed E-state index contributed by atoms with van der Waals surface area (Å²) in [6.07, 6.45) is 3.10. The van der Waals surface area contributed by atoms with Gasteiger partial charge in [0.2, 0.25) is 0 Å². The van der Waals surface area contributed by atoms with E-state index in [1.165, 1.54) is 12.8 Å². The zero-order chi connectivity index (χ0) is 25.1. The molecule has 0 bridgehead atoms. The molecule has 1 fully saturated rings. The molecular formula is C28H28ClN5O2. The van der Waals surface area contributed by atoms with Gasteiger partial charge in [-0.1, -0.05) is 23.4 Å². The molecule has 2 N–H and O–H groups in total. The summed E-state index contributed by atoms with van der Waals surface area (Å²) < 4.78 is 1.77. The molecule has 36 heavy (non-hydrogen) atoms. The number of aromatic amines is 1. The molecule has 1 saturated heterocycles. The predicted molar refractivity (Wildman–Crippen MR) is 144 cm³/mol. The molecule has 0 atom stereocenters. The molecule has 2 aromatic heterocycles. The van der Waals surface area contributed by atoms with Crippen molar-refractivity contribution in [3.05, 3.63) is 74.7 Å². The smallest absolute Gasteiger partial charge is 0.262 e. The maximum Gasteiger partial charge on any atom is 0.262 e. The van der Waals surface area contributed by atoms with Crippen molar-refractivity contribution in [1.29, 1.82) is 0 Å². The number of rotatable bonds is 6. The minimum atomic E-state index is -0.165. The molecule has 5 rings (SSSR count). The number of hydrogen-bond acceptors (Lipinski definition) is 4. The lowest BCUT2D eigenvalue weighted by molar-refractivity contribution is 0.0952. The van der Waals surface area contributed by atoms with Crippen LogP contribution in [-0.2, 0) is 6.54 Å². The number of nitrogens with zero attached hydrogens (tertiary/aromatic N) is 3. The maximum atomic E-state index is 13.4. The van der Waals surface area contributed by atoms with Gasteiger partial charge >= 0.3 is 0 Å². The second-order valence-electron chi connectivity index (χ2n) is 9.16. The summed E-state index contributed by atoms with van der Waals surface area (Å²) >= 11 is 5.90. The number of nitrogens with one attached hydrogen (secondary N) is 2. The average molecular weight is 502 g/mol. The second-order valence-corrected chi connectivity index (χ2v) is 9.60. The van der Waals surface area contributed by atoms with Crippen molar-refractivity contribution in [2.24, 2.45) is 0 Å². The molecule has 0 aliphatic carbocycles. The van der Waals surface area contributed by atoms with Crippen LogP contribution in [0.4, 0.5) is 0 Å². The summed E-state index contributed by atoms with van der Waals surface area (Å²) in [4.78, 5) is 28.1. The molecule has 0 unspecified atom stereocenters. The summed E-state index contributed by atoms with van der Waals surface area (Å²) in [6.45, 7) is 5.78. The lowest BCUT2D eigenvalue weighted by atomic mass is 10.1. The number of likely N-dealkylation sites (tertiary alicyclic amines) is 1. The Bertz CT molecular complexity index is 1540. The minimum Gasteiger partial charge on any atom is -0.352 e. The van der Waals surface area contributed by atoms with Crippen LogP contribution in [0.15, 0.2) is 47.3 Å². The third-order valence-corrected chi connectivity index (χ3v) is 6.89. The zero-order valence-electron chi connectivity index (χ0n) is 20.2. The number of amides is 1. The van der Waals surface area contributed by atoms with Crippen LogP contribution < -0.4 is 10.9 Å². The maximum absolute atomic E-state index is 13.4. The molecule has 0 spiro atoms. The fourth-order valence-electron chi connectivity index (χ4n) is 4.73. The number of halogens is 1. The fourth-order valence-corrected chi connectivity index (χ4v) is 4.85. The lowest BCUT2D eigenvalue weighted by Crippen LogP contribution is -2.27. The van der Waals surface area contributed by atoms with Gasteiger partial charge in [0.1, 0.15) is 5.52 Å². The van der Waals surface area contributed by atoms with E-state index in [9.17, 15) is 9.59 Å². The summed E-state index contributed by atoms with van der Waals surface area (Å²) in [6, 6.07) is 12.7. The molecule has 3 heterocycles. The highest BCUT2D eigenvalue weighted by Crippen LogP contribution is 2.24. The standard InChI is InChI=1S/C28H28ClN5O2/c1-19-25-26(32-31-19)23-18-20(6-4-16-33-14-2-3-15-33)7-12-24(23)34(28(25)36)17-5-13-30-27(35)21-8-10-22(29)11-9-21/h7-12,18H,2-3,5,13-17H2,1H3,(H,30,35)(H,31,32). The van der Waals surface area contributed by atoms with Crippen LogP contribution in [0.1, 0.15) is 40.9 Å². The predicted octanol–water partition coefficient (Wildman–Crippen LogP) is 4.11. The summed E-state index contributed by atoms with van der Waals surface area (Å²) in [5.41, 5.74) is 3.60. The van der Waals surface area contributed by atoms with Crippen LogP contribution in [0.25, 0.3) is 21.8 Å². The van der Waals surface area contributed by atoms with Crippen molar-refractivity contribution >= 4 is 39.3 Å². The number of aromatic nitrogens is 3. The van der Waals surface area contributed by atoms with Gasteiger partial charge in [0.05, 0.1) is 17.4 Å². The minimum absolute atomic E-state index is 0.0827. The number of H-pyrrole nitrogens is 1. The van der Waals surface area contributed by atoms with Gasteiger partial charge in [-0.15, -0.1) is 0 Å². The Morgan fingerprint density at radius 1 is 1.17 bits per heavy atom. The second kappa shape index (κ2) is 10.6. The normalized spacial score (nSPS) is 13.7. The monoisotopic (exact) mass is 501 g/mol. The van der Waals surface area contributed by atoms with Crippen molar-refractivity contribution in [3.8, 4) is 11.8 Å². The molecule has 1 aliphatic heterocycles. The first-order valence-electron chi connectivity index (χ1n) is 12.3. The quantitative estimate of drug-likeness (QED) is 0.308. The van der Waals surface area contributed by atoms with Crippen molar-refractivity contribution in [1.82, 2.24) is 25.0 Å². The first-order chi connectivity index (χ1) is 17.5. The molecule has 4 aromatic rings. The van der Waals surface area contributed by atoms with E-state index in [1.807, 2.05) is 25.1 Å². The van der Waals surface area contributed by atoms with Crippen molar-refractivity contribution in [2.45, 2.75) is 32.7 Å². The molecule has 8 heteroatoms. The highest BCUT2D eigenvalue weighted by atomic mass is 35.5. The van der Waals surface area contributed by atoms with E-state index in [1.54, 1.807) is 28.8 Å². The Kier molecular flexibility index (Phi) is 7.08. The van der Waals surface area contributed by atoms with E-state index < -0.39 is 0 Å². The van der Waals surface area contributed by atoms with Gasteiger partial charge in [-0.3, -0.25) is 19.6 Å². The number of hydrogen-bond donors (Lipinski definition) is 2. The van der Waals surface area contributed by atoms with Crippen LogP contribution >= 0.6 is 11.6 Å². The number of carbonyl (C=O) groups excluding carboxylic acids is 1. The van der Waals surface area contributed by atoms with Gasteiger partial charge in [-0.2, -0.15) is 5.10 Å². The van der Waals surface area contributed by atoms with Crippen LogP contribution in [0.3, 0.4) is 0 Å². The number of aryl methyl sites for hydroxylation is 2. The molecule has 1 aliphatic rings. The Morgan fingerprint density at radius 3 is 2.72 bits per heavy atom. The van der Waals surface area contributed by atoms with Crippen molar-refractivity contribution in [2.75, 3.05) is 26.2 Å². The molecule has 184 valence electrons. The Balaban J connectivity index is 1.37. The van der Waals surface area contributed by atoms with Crippen LogP contribution in [0, 0.1) is 18.8 Å². The molecule has 2 aromatic carbocycles. The lowest BCUT2D eigenvalue weighted by Gasteiger charge is -2.12. The third-order valence-electron chi connectivity index (χ3n) is 6.63. The number of fused-ring (bicyclic) bond motifs is 3. The topological polar surface area (TPSA) is 83.0 Å². The highest BCUT2D eigenvalue weighted by molar-refractivity contribution is 6.30. The molecule has 0 saturated carbocycles. The highest BCUT2D eigenvalue weighted by Gasteiger charge is 2.16. The van der Waals surface area contributed by atoms with Crippen molar-refractivity contribution in [3.63, 3.8) is 0 Å². The SMILES string of the molecule is Cc1[nH]nc2c1c(=O)n(CCCNC(=O)c1ccc(Cl)cc1)c1ccc(C#CCN3CCCC3)cc21. The fraction of sp³-hybridized carbons (Fsp3) is 0.321.